The minimum Gasteiger partial charge on any atom is -0.399 e. The van der Waals surface area contributed by atoms with Crippen LogP contribution in [0.3, 0.4) is 0 Å². The van der Waals surface area contributed by atoms with Crippen LogP contribution in [-0.4, -0.2) is 47.9 Å². The molecule has 4 N–H and O–H groups in total. The highest BCUT2D eigenvalue weighted by Gasteiger charge is 2.19. The standard InChI is InChI=1S/C12H19N3O4S/c1-14-20(16,17)12-6-9(13)2-3-11(12)15-7-10-8-18-4-5-19-10/h2-3,6,10,14-15H,4-5,7-8,13H2,1H3. The Balaban J connectivity index is 2.14. The van der Waals surface area contributed by atoms with Gasteiger partial charge in [-0.05, 0) is 25.2 Å². The first-order chi connectivity index (χ1) is 9.53. The molecule has 1 aromatic carbocycles. The van der Waals surface area contributed by atoms with E-state index in [2.05, 4.69) is 10.0 Å². The van der Waals surface area contributed by atoms with Crippen molar-refractivity contribution in [1.82, 2.24) is 4.72 Å². The molecule has 0 aliphatic carbocycles. The molecule has 1 heterocycles. The van der Waals surface area contributed by atoms with Gasteiger partial charge < -0.3 is 20.5 Å². The van der Waals surface area contributed by atoms with E-state index in [1.165, 1.54) is 13.1 Å². The third-order valence-electron chi connectivity index (χ3n) is 2.97. The topological polar surface area (TPSA) is 103 Å². The average molecular weight is 301 g/mol. The molecule has 1 unspecified atom stereocenters. The Morgan fingerprint density at radius 1 is 1.40 bits per heavy atom. The number of nitrogen functional groups attached to an aromatic ring is 1. The van der Waals surface area contributed by atoms with Crippen LogP contribution in [-0.2, 0) is 19.5 Å². The van der Waals surface area contributed by atoms with Crippen LogP contribution in [0.5, 0.6) is 0 Å². The van der Waals surface area contributed by atoms with Gasteiger partial charge in [0.2, 0.25) is 10.0 Å². The van der Waals surface area contributed by atoms with E-state index in [-0.39, 0.29) is 11.0 Å². The highest BCUT2D eigenvalue weighted by Crippen LogP contribution is 2.23. The molecule has 1 aliphatic heterocycles. The van der Waals surface area contributed by atoms with Crippen LogP contribution in [0.4, 0.5) is 11.4 Å². The molecule has 0 saturated carbocycles. The number of nitrogens with one attached hydrogen (secondary N) is 2. The number of hydrogen-bond donors (Lipinski definition) is 3. The molecule has 112 valence electrons. The fourth-order valence-corrected chi connectivity index (χ4v) is 2.84. The van der Waals surface area contributed by atoms with E-state index in [9.17, 15) is 8.42 Å². The molecular formula is C12H19N3O4S. The number of rotatable bonds is 5. The summed E-state index contributed by atoms with van der Waals surface area (Å²) in [6.07, 6.45) is -0.0913. The summed E-state index contributed by atoms with van der Waals surface area (Å²) in [5.41, 5.74) is 6.53. The minimum absolute atomic E-state index is 0.0913. The van der Waals surface area contributed by atoms with Gasteiger partial charge in [0.1, 0.15) is 4.90 Å². The van der Waals surface area contributed by atoms with E-state index < -0.39 is 10.0 Å². The van der Waals surface area contributed by atoms with Crippen LogP contribution >= 0.6 is 0 Å². The van der Waals surface area contributed by atoms with Gasteiger partial charge in [-0.3, -0.25) is 0 Å². The highest BCUT2D eigenvalue weighted by molar-refractivity contribution is 7.89. The van der Waals surface area contributed by atoms with Crippen LogP contribution in [0.2, 0.25) is 0 Å². The molecule has 1 aromatic rings. The number of nitrogens with two attached hydrogens (primary N) is 1. The molecule has 7 nitrogen and oxygen atoms in total. The van der Waals surface area contributed by atoms with Crippen LogP contribution < -0.4 is 15.8 Å². The maximum absolute atomic E-state index is 12.0. The van der Waals surface area contributed by atoms with E-state index in [0.29, 0.717) is 37.7 Å². The summed E-state index contributed by atoms with van der Waals surface area (Å²) in [5, 5.41) is 3.07. The van der Waals surface area contributed by atoms with Crippen molar-refractivity contribution in [2.24, 2.45) is 0 Å². The van der Waals surface area contributed by atoms with Gasteiger partial charge in [-0.1, -0.05) is 0 Å². The molecule has 1 fully saturated rings. The van der Waals surface area contributed by atoms with Crippen molar-refractivity contribution in [2.75, 3.05) is 44.5 Å². The smallest absolute Gasteiger partial charge is 0.242 e. The summed E-state index contributed by atoms with van der Waals surface area (Å²) in [4.78, 5) is 0.122. The lowest BCUT2D eigenvalue weighted by atomic mass is 10.2. The number of ether oxygens (including phenoxy) is 2. The second kappa shape index (κ2) is 6.40. The fourth-order valence-electron chi connectivity index (χ4n) is 1.90. The van der Waals surface area contributed by atoms with Crippen molar-refractivity contribution in [3.05, 3.63) is 18.2 Å². The Bertz CT molecular complexity index is 556. The summed E-state index contributed by atoms with van der Waals surface area (Å²) in [7, 11) is -2.21. The Kier molecular flexibility index (Phi) is 4.81. The predicted octanol–water partition coefficient (Wildman–Crippen LogP) is 0.00420. The monoisotopic (exact) mass is 301 g/mol. The quantitative estimate of drug-likeness (QED) is 0.662. The molecule has 8 heteroatoms. The molecule has 1 aliphatic rings. The number of sulfonamides is 1. The number of hydrogen-bond acceptors (Lipinski definition) is 6. The average Bonchev–Trinajstić information content (AvgIpc) is 2.47. The van der Waals surface area contributed by atoms with E-state index in [1.54, 1.807) is 12.1 Å². The first kappa shape index (κ1) is 15.0. The zero-order chi connectivity index (χ0) is 14.6. The van der Waals surface area contributed by atoms with E-state index in [0.717, 1.165) is 0 Å². The Morgan fingerprint density at radius 3 is 2.85 bits per heavy atom. The van der Waals surface area contributed by atoms with Crippen molar-refractivity contribution < 1.29 is 17.9 Å². The maximum atomic E-state index is 12.0. The third-order valence-corrected chi connectivity index (χ3v) is 4.42. The molecule has 1 atom stereocenters. The minimum atomic E-state index is -3.57. The van der Waals surface area contributed by atoms with Crippen molar-refractivity contribution in [1.29, 1.82) is 0 Å². The lowest BCUT2D eigenvalue weighted by Gasteiger charge is -2.24. The summed E-state index contributed by atoms with van der Waals surface area (Å²) >= 11 is 0. The lowest BCUT2D eigenvalue weighted by Crippen LogP contribution is -2.34. The summed E-state index contributed by atoms with van der Waals surface area (Å²) in [6.45, 7) is 2.11. The molecule has 0 spiro atoms. The predicted molar refractivity (Wildman–Crippen MR) is 76.1 cm³/mol. The summed E-state index contributed by atoms with van der Waals surface area (Å²) in [5.74, 6) is 0. The molecule has 1 saturated heterocycles. The van der Waals surface area contributed by atoms with Gasteiger partial charge in [0.25, 0.3) is 0 Å². The van der Waals surface area contributed by atoms with Gasteiger partial charge in [0.15, 0.2) is 0 Å². The Morgan fingerprint density at radius 2 is 2.20 bits per heavy atom. The van der Waals surface area contributed by atoms with E-state index in [4.69, 9.17) is 15.2 Å². The Labute approximate surface area is 118 Å². The van der Waals surface area contributed by atoms with Crippen LogP contribution in [0.1, 0.15) is 0 Å². The van der Waals surface area contributed by atoms with E-state index in [1.807, 2.05) is 0 Å². The molecule has 2 rings (SSSR count). The second-order valence-corrected chi connectivity index (χ2v) is 6.27. The van der Waals surface area contributed by atoms with Crippen molar-refractivity contribution in [3.8, 4) is 0 Å². The molecule has 0 radical (unpaired) electrons. The summed E-state index contributed by atoms with van der Waals surface area (Å²) < 4.78 is 37.0. The summed E-state index contributed by atoms with van der Waals surface area (Å²) in [6, 6.07) is 4.71. The zero-order valence-electron chi connectivity index (χ0n) is 11.3. The molecule has 0 bridgehead atoms. The molecular weight excluding hydrogens is 282 g/mol. The van der Waals surface area contributed by atoms with Crippen LogP contribution in [0, 0.1) is 0 Å². The third kappa shape index (κ3) is 3.60. The van der Waals surface area contributed by atoms with Gasteiger partial charge >= 0.3 is 0 Å². The maximum Gasteiger partial charge on any atom is 0.242 e. The molecule has 0 amide bonds. The Hall–Kier alpha value is -1.35. The van der Waals surface area contributed by atoms with Gasteiger partial charge in [-0.25, -0.2) is 13.1 Å². The van der Waals surface area contributed by atoms with Gasteiger partial charge in [-0.2, -0.15) is 0 Å². The fraction of sp³-hybridized carbons (Fsp3) is 0.500. The van der Waals surface area contributed by atoms with Gasteiger partial charge in [0, 0.05) is 12.2 Å². The number of anilines is 2. The highest BCUT2D eigenvalue weighted by atomic mass is 32.2. The zero-order valence-corrected chi connectivity index (χ0v) is 12.1. The second-order valence-electron chi connectivity index (χ2n) is 4.41. The van der Waals surface area contributed by atoms with Crippen LogP contribution in [0.25, 0.3) is 0 Å². The normalized spacial score (nSPS) is 19.8. The van der Waals surface area contributed by atoms with Gasteiger partial charge in [0.05, 0.1) is 31.6 Å². The van der Waals surface area contributed by atoms with Crippen molar-refractivity contribution in [3.63, 3.8) is 0 Å². The van der Waals surface area contributed by atoms with Gasteiger partial charge in [-0.15, -0.1) is 0 Å². The first-order valence-electron chi connectivity index (χ1n) is 6.29. The lowest BCUT2D eigenvalue weighted by molar-refractivity contribution is -0.0819. The molecule has 0 aromatic heterocycles. The largest absolute Gasteiger partial charge is 0.399 e. The van der Waals surface area contributed by atoms with Crippen molar-refractivity contribution >= 4 is 21.4 Å². The first-order valence-corrected chi connectivity index (χ1v) is 7.77. The SMILES string of the molecule is CNS(=O)(=O)c1cc(N)ccc1NCC1COCCO1. The van der Waals surface area contributed by atoms with Crippen LogP contribution in [0.15, 0.2) is 23.1 Å². The van der Waals surface area contributed by atoms with E-state index >= 15 is 0 Å². The molecule has 20 heavy (non-hydrogen) atoms. The number of benzene rings is 1. The van der Waals surface area contributed by atoms with Crippen molar-refractivity contribution in [2.45, 2.75) is 11.0 Å².